The van der Waals surface area contributed by atoms with Crippen molar-refractivity contribution in [3.05, 3.63) is 11.6 Å². The number of nitrogens with zero attached hydrogens (tertiary/aromatic N) is 1. The lowest BCUT2D eigenvalue weighted by Crippen LogP contribution is -2.41. The van der Waals surface area contributed by atoms with Crippen molar-refractivity contribution in [2.45, 2.75) is 13.0 Å². The molecule has 2 nitrogen and oxygen atoms in total. The van der Waals surface area contributed by atoms with Crippen LogP contribution in [0.15, 0.2) is 11.6 Å². The van der Waals surface area contributed by atoms with Gasteiger partial charge in [-0.1, -0.05) is 18.2 Å². The number of morpholine rings is 1. The van der Waals surface area contributed by atoms with E-state index in [-0.39, 0.29) is 0 Å². The van der Waals surface area contributed by atoms with Crippen LogP contribution in [0.3, 0.4) is 0 Å². The van der Waals surface area contributed by atoms with Crippen LogP contribution < -0.4 is 0 Å². The second kappa shape index (κ2) is 4.10. The highest BCUT2D eigenvalue weighted by atomic mass is 35.5. The van der Waals surface area contributed by atoms with E-state index in [9.17, 15) is 0 Å². The molecule has 1 rings (SSSR count). The zero-order valence-electron chi connectivity index (χ0n) is 6.85. The number of rotatable bonds is 2. The minimum atomic E-state index is 0.333. The smallest absolute Gasteiger partial charge is 0.0674 e. The normalized spacial score (nSPS) is 26.9. The van der Waals surface area contributed by atoms with Crippen molar-refractivity contribution in [1.29, 1.82) is 0 Å². The van der Waals surface area contributed by atoms with Crippen LogP contribution in [0.2, 0.25) is 0 Å². The number of hydrogen-bond donors (Lipinski definition) is 0. The Morgan fingerprint density at radius 1 is 1.82 bits per heavy atom. The summed E-state index contributed by atoms with van der Waals surface area (Å²) in [6, 6.07) is 0. The summed E-state index contributed by atoms with van der Waals surface area (Å²) < 4.78 is 5.38. The molecule has 1 fully saturated rings. The summed E-state index contributed by atoms with van der Waals surface area (Å²) in [7, 11) is 0. The summed E-state index contributed by atoms with van der Waals surface area (Å²) >= 11 is 5.68. The maximum absolute atomic E-state index is 5.68. The summed E-state index contributed by atoms with van der Waals surface area (Å²) in [6.07, 6.45) is 0.333. The molecular weight excluding hydrogens is 162 g/mol. The molecule has 0 bridgehead atoms. The molecule has 0 saturated carbocycles. The first-order chi connectivity index (χ1) is 5.18. The fourth-order valence-electron chi connectivity index (χ4n) is 1.28. The fraction of sp³-hybridized carbons (Fsp3) is 0.750. The molecule has 0 N–H and O–H groups in total. The van der Waals surface area contributed by atoms with Gasteiger partial charge in [-0.3, -0.25) is 4.90 Å². The highest BCUT2D eigenvalue weighted by Gasteiger charge is 2.15. The van der Waals surface area contributed by atoms with Gasteiger partial charge in [0.15, 0.2) is 0 Å². The fourth-order valence-corrected chi connectivity index (χ4v) is 1.45. The molecule has 0 aromatic rings. The summed E-state index contributed by atoms with van der Waals surface area (Å²) in [5, 5.41) is 0.708. The van der Waals surface area contributed by atoms with Gasteiger partial charge in [0.2, 0.25) is 0 Å². The van der Waals surface area contributed by atoms with Gasteiger partial charge in [0.05, 0.1) is 12.7 Å². The van der Waals surface area contributed by atoms with Gasteiger partial charge >= 0.3 is 0 Å². The summed E-state index contributed by atoms with van der Waals surface area (Å²) in [5.74, 6) is 0. The molecule has 1 aliphatic rings. The highest BCUT2D eigenvalue weighted by Crippen LogP contribution is 2.07. The van der Waals surface area contributed by atoms with E-state index in [2.05, 4.69) is 18.4 Å². The van der Waals surface area contributed by atoms with Crippen LogP contribution >= 0.6 is 11.6 Å². The molecule has 0 radical (unpaired) electrons. The number of hydrogen-bond acceptors (Lipinski definition) is 2. The molecule has 1 aliphatic heterocycles. The van der Waals surface area contributed by atoms with Crippen molar-refractivity contribution in [2.24, 2.45) is 0 Å². The lowest BCUT2D eigenvalue weighted by Gasteiger charge is -2.30. The van der Waals surface area contributed by atoms with E-state index in [0.29, 0.717) is 11.1 Å². The predicted molar refractivity (Wildman–Crippen MR) is 46.8 cm³/mol. The molecule has 0 aromatic carbocycles. The molecule has 1 saturated heterocycles. The molecule has 0 aliphatic carbocycles. The molecule has 0 unspecified atom stereocenters. The van der Waals surface area contributed by atoms with Crippen LogP contribution in [0.1, 0.15) is 6.92 Å². The van der Waals surface area contributed by atoms with Gasteiger partial charge in [0, 0.05) is 24.7 Å². The van der Waals surface area contributed by atoms with Crippen molar-refractivity contribution in [3.63, 3.8) is 0 Å². The second-order valence-corrected chi connectivity index (χ2v) is 3.47. The van der Waals surface area contributed by atoms with Crippen molar-refractivity contribution < 1.29 is 4.74 Å². The van der Waals surface area contributed by atoms with E-state index in [0.717, 1.165) is 26.2 Å². The van der Waals surface area contributed by atoms with Crippen molar-refractivity contribution in [2.75, 3.05) is 26.2 Å². The van der Waals surface area contributed by atoms with Gasteiger partial charge in [-0.15, -0.1) is 0 Å². The Balaban J connectivity index is 2.28. The highest BCUT2D eigenvalue weighted by molar-refractivity contribution is 6.29. The molecule has 3 heteroatoms. The third kappa shape index (κ3) is 3.23. The quantitative estimate of drug-likeness (QED) is 0.630. The van der Waals surface area contributed by atoms with Crippen LogP contribution in [0.25, 0.3) is 0 Å². The average molecular weight is 176 g/mol. The van der Waals surface area contributed by atoms with Crippen LogP contribution in [-0.2, 0) is 4.74 Å². The van der Waals surface area contributed by atoms with Gasteiger partial charge in [-0.2, -0.15) is 0 Å². The molecule has 64 valence electrons. The Morgan fingerprint density at radius 2 is 2.55 bits per heavy atom. The Labute approximate surface area is 72.8 Å². The lowest BCUT2D eigenvalue weighted by molar-refractivity contribution is -0.0143. The van der Waals surface area contributed by atoms with Crippen LogP contribution in [0, 0.1) is 0 Å². The molecule has 1 heterocycles. The lowest BCUT2D eigenvalue weighted by atomic mass is 10.3. The molecular formula is C8H14ClNO. The van der Waals surface area contributed by atoms with E-state index < -0.39 is 0 Å². The van der Waals surface area contributed by atoms with Crippen LogP contribution in [0.5, 0.6) is 0 Å². The number of ether oxygens (including phenoxy) is 1. The molecule has 1 atom stereocenters. The zero-order valence-corrected chi connectivity index (χ0v) is 7.60. The Kier molecular flexibility index (Phi) is 3.37. The Bertz CT molecular complexity index is 149. The van der Waals surface area contributed by atoms with Gasteiger partial charge in [0.25, 0.3) is 0 Å². The van der Waals surface area contributed by atoms with E-state index in [1.807, 2.05) is 0 Å². The van der Waals surface area contributed by atoms with E-state index in [1.165, 1.54) is 0 Å². The topological polar surface area (TPSA) is 12.5 Å². The predicted octanol–water partition coefficient (Wildman–Crippen LogP) is 1.46. The first-order valence-electron chi connectivity index (χ1n) is 3.85. The molecule has 0 amide bonds. The zero-order chi connectivity index (χ0) is 8.27. The van der Waals surface area contributed by atoms with E-state index in [1.54, 1.807) is 0 Å². The second-order valence-electron chi connectivity index (χ2n) is 2.93. The van der Waals surface area contributed by atoms with Gasteiger partial charge in [-0.25, -0.2) is 0 Å². The maximum Gasteiger partial charge on any atom is 0.0674 e. The third-order valence-corrected chi connectivity index (χ3v) is 1.84. The van der Waals surface area contributed by atoms with Gasteiger partial charge < -0.3 is 4.74 Å². The van der Waals surface area contributed by atoms with Crippen molar-refractivity contribution >= 4 is 11.6 Å². The monoisotopic (exact) mass is 175 g/mol. The summed E-state index contributed by atoms with van der Waals surface area (Å²) in [6.45, 7) is 9.26. The summed E-state index contributed by atoms with van der Waals surface area (Å²) in [5.41, 5.74) is 0. The summed E-state index contributed by atoms with van der Waals surface area (Å²) in [4.78, 5) is 2.25. The molecule has 0 aromatic heterocycles. The average Bonchev–Trinajstić information content (AvgIpc) is 1.85. The molecule has 0 spiro atoms. The van der Waals surface area contributed by atoms with Crippen molar-refractivity contribution in [1.82, 2.24) is 4.90 Å². The largest absolute Gasteiger partial charge is 0.376 e. The SMILES string of the molecule is C=C(Cl)CN1CCO[C@@H](C)C1. The first-order valence-corrected chi connectivity index (χ1v) is 4.23. The first kappa shape index (κ1) is 9.04. The minimum absolute atomic E-state index is 0.333. The van der Waals surface area contributed by atoms with Crippen molar-refractivity contribution in [3.8, 4) is 0 Å². The van der Waals surface area contributed by atoms with Crippen LogP contribution in [-0.4, -0.2) is 37.2 Å². The van der Waals surface area contributed by atoms with E-state index in [4.69, 9.17) is 16.3 Å². The Hall–Kier alpha value is -0.0500. The van der Waals surface area contributed by atoms with Gasteiger partial charge in [-0.05, 0) is 6.92 Å². The standard InChI is InChI=1S/C8H14ClNO/c1-7(9)5-10-3-4-11-8(2)6-10/h8H,1,3-6H2,2H3/t8-/m0/s1. The minimum Gasteiger partial charge on any atom is -0.376 e. The number of halogens is 1. The van der Waals surface area contributed by atoms with E-state index >= 15 is 0 Å². The maximum atomic E-state index is 5.68. The third-order valence-electron chi connectivity index (χ3n) is 1.72. The Morgan fingerprint density at radius 3 is 3.09 bits per heavy atom. The van der Waals surface area contributed by atoms with Crippen LogP contribution in [0.4, 0.5) is 0 Å². The molecule has 11 heavy (non-hydrogen) atoms. The van der Waals surface area contributed by atoms with Gasteiger partial charge in [0.1, 0.15) is 0 Å².